The number of halogens is 1. The van der Waals surface area contributed by atoms with E-state index in [1.54, 1.807) is 18.4 Å². The second kappa shape index (κ2) is 7.42. The van der Waals surface area contributed by atoms with Gasteiger partial charge in [0.05, 0.1) is 23.0 Å². The van der Waals surface area contributed by atoms with Crippen molar-refractivity contribution in [3.8, 4) is 5.75 Å². The number of ether oxygens (including phenoxy) is 1. The summed E-state index contributed by atoms with van der Waals surface area (Å²) >= 11 is 5.42. The van der Waals surface area contributed by atoms with Crippen LogP contribution in [0.15, 0.2) is 15.9 Å². The zero-order valence-electron chi connectivity index (χ0n) is 12.9. The third-order valence-electron chi connectivity index (χ3n) is 3.48. The molecule has 116 valence electrons. The first-order valence-electron chi connectivity index (χ1n) is 7.18. The largest absolute Gasteiger partial charge is 0.496 e. The third kappa shape index (κ3) is 3.67. The van der Waals surface area contributed by atoms with E-state index in [4.69, 9.17) is 4.74 Å². The van der Waals surface area contributed by atoms with Gasteiger partial charge in [-0.25, -0.2) is 0 Å². The normalized spacial score (nSPS) is 12.6. The topological polar surface area (TPSA) is 39.1 Å². The van der Waals surface area contributed by atoms with Crippen LogP contribution in [0.3, 0.4) is 0 Å². The first-order chi connectivity index (χ1) is 10.1. The summed E-state index contributed by atoms with van der Waals surface area (Å²) < 4.78 is 8.50. The van der Waals surface area contributed by atoms with Crippen LogP contribution in [0, 0.1) is 6.92 Å². The van der Waals surface area contributed by atoms with E-state index in [0.29, 0.717) is 0 Å². The van der Waals surface area contributed by atoms with Crippen LogP contribution in [0.4, 0.5) is 0 Å². The highest BCUT2D eigenvalue weighted by atomic mass is 79.9. The average Bonchev–Trinajstić information content (AvgIpc) is 3.06. The van der Waals surface area contributed by atoms with Gasteiger partial charge in [-0.05, 0) is 42.4 Å². The molecule has 0 aliphatic heterocycles. The van der Waals surface area contributed by atoms with E-state index in [1.807, 2.05) is 6.92 Å². The van der Waals surface area contributed by atoms with Crippen LogP contribution in [-0.2, 0) is 13.0 Å². The van der Waals surface area contributed by atoms with E-state index in [9.17, 15) is 0 Å². The van der Waals surface area contributed by atoms with E-state index >= 15 is 0 Å². The monoisotopic (exact) mass is 371 g/mol. The standard InChI is InChI=1S/C15H22BrN3OS/c1-5-17-12(14-7-11(20-4)9-21-14)8-13-15(16)10(3)18-19(13)6-2/h7,9,12,17H,5-6,8H2,1-4H3. The molecule has 6 heteroatoms. The minimum atomic E-state index is 0.279. The lowest BCUT2D eigenvalue weighted by molar-refractivity contribution is 0.415. The molecule has 2 heterocycles. The number of nitrogens with zero attached hydrogens (tertiary/aromatic N) is 2. The predicted molar refractivity (Wildman–Crippen MR) is 91.3 cm³/mol. The summed E-state index contributed by atoms with van der Waals surface area (Å²) in [5.74, 6) is 0.928. The number of thiophene rings is 1. The van der Waals surface area contributed by atoms with Gasteiger partial charge in [0.25, 0.3) is 0 Å². The lowest BCUT2D eigenvalue weighted by Crippen LogP contribution is -2.23. The molecule has 1 N–H and O–H groups in total. The summed E-state index contributed by atoms with van der Waals surface area (Å²) in [5, 5.41) is 10.2. The first-order valence-corrected chi connectivity index (χ1v) is 8.85. The van der Waals surface area contributed by atoms with E-state index in [1.165, 1.54) is 10.6 Å². The number of aromatic nitrogens is 2. The van der Waals surface area contributed by atoms with Crippen molar-refractivity contribution in [1.29, 1.82) is 0 Å². The molecule has 0 radical (unpaired) electrons. The fourth-order valence-electron chi connectivity index (χ4n) is 2.40. The number of aryl methyl sites for hydroxylation is 2. The lowest BCUT2D eigenvalue weighted by atomic mass is 10.1. The number of nitrogens with one attached hydrogen (secondary N) is 1. The van der Waals surface area contributed by atoms with Crippen molar-refractivity contribution in [2.24, 2.45) is 0 Å². The molecule has 0 spiro atoms. The Morgan fingerprint density at radius 3 is 2.81 bits per heavy atom. The number of hydrogen-bond donors (Lipinski definition) is 1. The average molecular weight is 372 g/mol. The fraction of sp³-hybridized carbons (Fsp3) is 0.533. The van der Waals surface area contributed by atoms with Crippen LogP contribution in [0.25, 0.3) is 0 Å². The van der Waals surface area contributed by atoms with Gasteiger partial charge in [-0.3, -0.25) is 4.68 Å². The Bertz CT molecular complexity index is 594. The van der Waals surface area contributed by atoms with Gasteiger partial charge >= 0.3 is 0 Å². The summed E-state index contributed by atoms with van der Waals surface area (Å²) in [5.41, 5.74) is 2.29. The van der Waals surface area contributed by atoms with Gasteiger partial charge in [-0.2, -0.15) is 5.10 Å². The second-order valence-corrected chi connectivity index (χ2v) is 6.60. The third-order valence-corrected chi connectivity index (χ3v) is 5.53. The van der Waals surface area contributed by atoms with Crippen molar-refractivity contribution in [1.82, 2.24) is 15.1 Å². The van der Waals surface area contributed by atoms with Crippen molar-refractivity contribution < 1.29 is 4.74 Å². The Morgan fingerprint density at radius 1 is 1.48 bits per heavy atom. The summed E-state index contributed by atoms with van der Waals surface area (Å²) in [7, 11) is 1.71. The number of rotatable bonds is 7. The van der Waals surface area contributed by atoms with Gasteiger partial charge in [0.15, 0.2) is 0 Å². The highest BCUT2D eigenvalue weighted by Crippen LogP contribution is 2.31. The summed E-state index contributed by atoms with van der Waals surface area (Å²) in [6, 6.07) is 2.40. The van der Waals surface area contributed by atoms with Crippen molar-refractivity contribution in [3.05, 3.63) is 32.2 Å². The molecule has 1 atom stereocenters. The molecular weight excluding hydrogens is 350 g/mol. The highest BCUT2D eigenvalue weighted by Gasteiger charge is 2.20. The van der Waals surface area contributed by atoms with Crippen LogP contribution in [0.5, 0.6) is 5.75 Å². The molecule has 0 aliphatic carbocycles. The second-order valence-electron chi connectivity index (χ2n) is 4.87. The summed E-state index contributed by atoms with van der Waals surface area (Å²) in [6.07, 6.45) is 0.909. The molecule has 0 saturated heterocycles. The van der Waals surface area contributed by atoms with E-state index in [0.717, 1.165) is 35.4 Å². The SMILES string of the molecule is CCNC(Cc1c(Br)c(C)nn1CC)c1cc(OC)cs1. The number of likely N-dealkylation sites (N-methyl/N-ethyl adjacent to an activating group) is 1. The number of methoxy groups -OCH3 is 1. The van der Waals surface area contributed by atoms with E-state index in [2.05, 4.69) is 56.3 Å². The van der Waals surface area contributed by atoms with Gasteiger partial charge in [-0.15, -0.1) is 11.3 Å². The Labute approximate surface area is 138 Å². The van der Waals surface area contributed by atoms with Crippen LogP contribution in [0.1, 0.15) is 36.2 Å². The predicted octanol–water partition coefficient (Wildman–Crippen LogP) is 3.94. The van der Waals surface area contributed by atoms with Crippen LogP contribution < -0.4 is 10.1 Å². The molecule has 0 bridgehead atoms. The van der Waals surface area contributed by atoms with Gasteiger partial charge in [0.1, 0.15) is 5.75 Å². The first kappa shape index (κ1) is 16.5. The lowest BCUT2D eigenvalue weighted by Gasteiger charge is -2.17. The molecule has 1 unspecified atom stereocenters. The van der Waals surface area contributed by atoms with Crippen molar-refractivity contribution in [3.63, 3.8) is 0 Å². The molecule has 2 rings (SSSR count). The Morgan fingerprint density at radius 2 is 2.24 bits per heavy atom. The van der Waals surface area contributed by atoms with Crippen LogP contribution >= 0.6 is 27.3 Å². The fourth-order valence-corrected chi connectivity index (χ4v) is 3.78. The molecule has 0 saturated carbocycles. The molecular formula is C15H22BrN3OS. The minimum absolute atomic E-state index is 0.279. The maximum Gasteiger partial charge on any atom is 0.129 e. The van der Waals surface area contributed by atoms with Gasteiger partial charge in [-0.1, -0.05) is 6.92 Å². The maximum atomic E-state index is 5.30. The molecule has 21 heavy (non-hydrogen) atoms. The zero-order valence-corrected chi connectivity index (χ0v) is 15.3. The van der Waals surface area contributed by atoms with Gasteiger partial charge < -0.3 is 10.1 Å². The molecule has 0 amide bonds. The molecule has 0 fully saturated rings. The van der Waals surface area contributed by atoms with Gasteiger partial charge in [0, 0.05) is 29.3 Å². The zero-order chi connectivity index (χ0) is 15.4. The molecule has 2 aromatic heterocycles. The Kier molecular flexibility index (Phi) is 5.84. The van der Waals surface area contributed by atoms with Crippen molar-refractivity contribution in [2.45, 2.75) is 39.8 Å². The quantitative estimate of drug-likeness (QED) is 0.800. The van der Waals surface area contributed by atoms with E-state index in [-0.39, 0.29) is 6.04 Å². The van der Waals surface area contributed by atoms with Crippen LogP contribution in [0.2, 0.25) is 0 Å². The van der Waals surface area contributed by atoms with Crippen molar-refractivity contribution in [2.75, 3.05) is 13.7 Å². The molecule has 4 nitrogen and oxygen atoms in total. The Hall–Kier alpha value is -0.850. The maximum absolute atomic E-state index is 5.30. The molecule has 2 aromatic rings. The van der Waals surface area contributed by atoms with Crippen molar-refractivity contribution >= 4 is 27.3 Å². The Balaban J connectivity index is 2.27. The summed E-state index contributed by atoms with van der Waals surface area (Å²) in [4.78, 5) is 1.29. The highest BCUT2D eigenvalue weighted by molar-refractivity contribution is 9.10. The molecule has 0 aliphatic rings. The van der Waals surface area contributed by atoms with E-state index < -0.39 is 0 Å². The van der Waals surface area contributed by atoms with Crippen LogP contribution in [-0.4, -0.2) is 23.4 Å². The number of hydrogen-bond acceptors (Lipinski definition) is 4. The van der Waals surface area contributed by atoms with Gasteiger partial charge in [0.2, 0.25) is 0 Å². The smallest absolute Gasteiger partial charge is 0.129 e. The summed E-state index contributed by atoms with van der Waals surface area (Å²) in [6.45, 7) is 8.11. The molecule has 0 aromatic carbocycles. The minimum Gasteiger partial charge on any atom is -0.496 e.